The number of aliphatic hydroxyl groups excluding tert-OH is 3. The molecule has 1 fully saturated rings. The normalized spacial score (nSPS) is 29.8. The third kappa shape index (κ3) is 5.21. The highest BCUT2D eigenvalue weighted by molar-refractivity contribution is 5.72. The van der Waals surface area contributed by atoms with Crippen molar-refractivity contribution in [1.82, 2.24) is 10.2 Å². The number of rotatable bonds is 9. The lowest BCUT2D eigenvalue weighted by Gasteiger charge is -2.29. The van der Waals surface area contributed by atoms with Crippen molar-refractivity contribution < 1.29 is 20.1 Å². The molecule has 0 aliphatic carbocycles. The maximum Gasteiger partial charge on any atom is 0.216 e. The van der Waals surface area contributed by atoms with Gasteiger partial charge >= 0.3 is 0 Å². The molecule has 1 saturated heterocycles. The van der Waals surface area contributed by atoms with Crippen molar-refractivity contribution in [2.75, 3.05) is 19.7 Å². The van der Waals surface area contributed by atoms with Gasteiger partial charge in [-0.15, -0.1) is 0 Å². The minimum Gasteiger partial charge on any atom is -0.395 e. The van der Waals surface area contributed by atoms with E-state index in [2.05, 4.69) is 12.2 Å². The van der Waals surface area contributed by atoms with Crippen molar-refractivity contribution in [2.45, 2.75) is 70.2 Å². The van der Waals surface area contributed by atoms with Crippen LogP contribution in [-0.2, 0) is 4.79 Å². The largest absolute Gasteiger partial charge is 0.395 e. The number of nitrogens with one attached hydrogen (secondary N) is 1. The topological polar surface area (TPSA) is 93.0 Å². The molecule has 1 aliphatic heterocycles. The first kappa shape index (κ1) is 18.4. The number of amides is 1. The first-order valence-electron chi connectivity index (χ1n) is 8.00. The summed E-state index contributed by atoms with van der Waals surface area (Å²) in [5.74, 6) is -0.160. The summed E-state index contributed by atoms with van der Waals surface area (Å²) < 4.78 is 0. The molecule has 0 spiro atoms. The fraction of sp³-hybridized carbons (Fsp3) is 0.933. The summed E-state index contributed by atoms with van der Waals surface area (Å²) in [5, 5.41) is 32.3. The summed E-state index contributed by atoms with van der Waals surface area (Å²) in [4.78, 5) is 13.0. The van der Waals surface area contributed by atoms with Gasteiger partial charge in [0.15, 0.2) is 0 Å². The Hall–Kier alpha value is -0.690. The molecule has 0 radical (unpaired) electrons. The molecule has 0 aromatic rings. The number of hydrogen-bond acceptors (Lipinski definition) is 5. The Morgan fingerprint density at radius 1 is 1.10 bits per heavy atom. The van der Waals surface area contributed by atoms with Crippen LogP contribution in [0.3, 0.4) is 0 Å². The maximum atomic E-state index is 11.1. The van der Waals surface area contributed by atoms with Gasteiger partial charge in [-0.25, -0.2) is 0 Å². The average molecular weight is 302 g/mol. The molecule has 124 valence electrons. The van der Waals surface area contributed by atoms with Gasteiger partial charge in [-0.05, 0) is 13.0 Å². The molecule has 0 aromatic carbocycles. The molecule has 4 N–H and O–H groups in total. The molecule has 1 rings (SSSR count). The van der Waals surface area contributed by atoms with E-state index in [1.807, 2.05) is 4.90 Å². The zero-order chi connectivity index (χ0) is 15.8. The lowest BCUT2D eigenvalue weighted by Crippen LogP contribution is -2.47. The van der Waals surface area contributed by atoms with E-state index < -0.39 is 18.2 Å². The summed E-state index contributed by atoms with van der Waals surface area (Å²) >= 11 is 0. The molecule has 0 aromatic heterocycles. The lowest BCUT2D eigenvalue weighted by molar-refractivity contribution is -0.119. The summed E-state index contributed by atoms with van der Waals surface area (Å²) in [6.07, 6.45) is 3.73. The SMILES string of the molecule is CCCCCCCN1C(CO)C(O)C(O)C1CNC(C)=O. The molecule has 1 aliphatic rings. The van der Waals surface area contributed by atoms with E-state index in [0.717, 1.165) is 12.8 Å². The zero-order valence-corrected chi connectivity index (χ0v) is 13.2. The number of unbranched alkanes of at least 4 members (excludes halogenated alkanes) is 4. The minimum absolute atomic E-state index is 0.160. The first-order valence-corrected chi connectivity index (χ1v) is 8.00. The summed E-state index contributed by atoms with van der Waals surface area (Å²) in [7, 11) is 0. The molecule has 4 atom stereocenters. The highest BCUT2D eigenvalue weighted by Gasteiger charge is 2.46. The summed E-state index contributed by atoms with van der Waals surface area (Å²) in [6, 6.07) is -0.794. The van der Waals surface area contributed by atoms with Crippen LogP contribution in [-0.4, -0.2) is 70.1 Å². The summed E-state index contributed by atoms with van der Waals surface area (Å²) in [6.45, 7) is 4.41. The van der Waals surface area contributed by atoms with Gasteiger partial charge in [0.05, 0.1) is 30.9 Å². The van der Waals surface area contributed by atoms with Crippen molar-refractivity contribution in [1.29, 1.82) is 0 Å². The zero-order valence-electron chi connectivity index (χ0n) is 13.2. The summed E-state index contributed by atoms with van der Waals surface area (Å²) in [5.41, 5.74) is 0. The Morgan fingerprint density at radius 3 is 2.29 bits per heavy atom. The van der Waals surface area contributed by atoms with Gasteiger partial charge in [-0.2, -0.15) is 0 Å². The van der Waals surface area contributed by atoms with Crippen LogP contribution in [0.15, 0.2) is 0 Å². The van der Waals surface area contributed by atoms with Gasteiger partial charge in [-0.1, -0.05) is 32.6 Å². The Morgan fingerprint density at radius 2 is 1.71 bits per heavy atom. The second-order valence-electron chi connectivity index (χ2n) is 5.89. The van der Waals surface area contributed by atoms with Gasteiger partial charge in [0.25, 0.3) is 0 Å². The molecule has 0 bridgehead atoms. The number of nitrogens with zero attached hydrogens (tertiary/aromatic N) is 1. The van der Waals surface area contributed by atoms with Crippen LogP contribution >= 0.6 is 0 Å². The smallest absolute Gasteiger partial charge is 0.216 e. The number of carbonyl (C=O) groups excluding carboxylic acids is 1. The van der Waals surface area contributed by atoms with Gasteiger partial charge in [0, 0.05) is 13.5 Å². The average Bonchev–Trinajstić information content (AvgIpc) is 2.68. The van der Waals surface area contributed by atoms with E-state index in [-0.39, 0.29) is 18.6 Å². The van der Waals surface area contributed by atoms with Crippen molar-refractivity contribution in [2.24, 2.45) is 0 Å². The predicted octanol–water partition coefficient (Wildman–Crippen LogP) is -0.140. The van der Waals surface area contributed by atoms with Gasteiger partial charge < -0.3 is 20.6 Å². The van der Waals surface area contributed by atoms with Crippen molar-refractivity contribution >= 4 is 5.91 Å². The first-order chi connectivity index (χ1) is 10.0. The lowest BCUT2D eigenvalue weighted by atomic mass is 10.1. The Balaban J connectivity index is 2.56. The molecule has 1 heterocycles. The number of carbonyl (C=O) groups is 1. The predicted molar refractivity (Wildman–Crippen MR) is 80.8 cm³/mol. The minimum atomic E-state index is -0.968. The monoisotopic (exact) mass is 302 g/mol. The van der Waals surface area contributed by atoms with Crippen LogP contribution in [0.4, 0.5) is 0 Å². The van der Waals surface area contributed by atoms with E-state index in [9.17, 15) is 20.1 Å². The van der Waals surface area contributed by atoms with Crippen molar-refractivity contribution in [3.63, 3.8) is 0 Å². The van der Waals surface area contributed by atoms with Gasteiger partial charge in [-0.3, -0.25) is 9.69 Å². The standard InChI is InChI=1S/C15H30N2O4/c1-3-4-5-6-7-8-17-12(9-16-11(2)19)14(20)15(21)13(17)10-18/h12-15,18,20-21H,3-10H2,1-2H3,(H,16,19). The highest BCUT2D eigenvalue weighted by atomic mass is 16.3. The van der Waals surface area contributed by atoms with E-state index in [1.165, 1.54) is 26.2 Å². The Kier molecular flexibility index (Phi) is 8.18. The van der Waals surface area contributed by atoms with E-state index in [4.69, 9.17) is 0 Å². The molecule has 6 nitrogen and oxygen atoms in total. The van der Waals surface area contributed by atoms with Gasteiger partial charge in [0.2, 0.25) is 5.91 Å². The molecule has 4 unspecified atom stereocenters. The fourth-order valence-corrected chi connectivity index (χ4v) is 3.02. The molecular weight excluding hydrogens is 272 g/mol. The van der Waals surface area contributed by atoms with Crippen molar-refractivity contribution in [3.05, 3.63) is 0 Å². The van der Waals surface area contributed by atoms with E-state index >= 15 is 0 Å². The maximum absolute atomic E-state index is 11.1. The van der Waals surface area contributed by atoms with Gasteiger partial charge in [0.1, 0.15) is 0 Å². The van der Waals surface area contributed by atoms with Crippen LogP contribution in [0.2, 0.25) is 0 Å². The molecule has 21 heavy (non-hydrogen) atoms. The van der Waals surface area contributed by atoms with Crippen LogP contribution in [0, 0.1) is 0 Å². The Bertz CT molecular complexity index is 314. The van der Waals surface area contributed by atoms with Crippen LogP contribution in [0.1, 0.15) is 46.0 Å². The fourth-order valence-electron chi connectivity index (χ4n) is 3.02. The molecule has 0 saturated carbocycles. The van der Waals surface area contributed by atoms with E-state index in [1.54, 1.807) is 0 Å². The molecule has 6 heteroatoms. The third-order valence-corrected chi connectivity index (χ3v) is 4.26. The number of likely N-dealkylation sites (tertiary alicyclic amines) is 1. The van der Waals surface area contributed by atoms with Crippen LogP contribution < -0.4 is 5.32 Å². The quantitative estimate of drug-likeness (QED) is 0.445. The molecule has 1 amide bonds. The molecular formula is C15H30N2O4. The third-order valence-electron chi connectivity index (χ3n) is 4.26. The second-order valence-corrected chi connectivity index (χ2v) is 5.89. The second kappa shape index (κ2) is 9.35. The van der Waals surface area contributed by atoms with E-state index in [0.29, 0.717) is 13.1 Å². The number of hydrogen-bond donors (Lipinski definition) is 4. The Labute approximate surface area is 127 Å². The van der Waals surface area contributed by atoms with Crippen LogP contribution in [0.5, 0.6) is 0 Å². The van der Waals surface area contributed by atoms with Crippen LogP contribution in [0.25, 0.3) is 0 Å². The van der Waals surface area contributed by atoms with Crippen molar-refractivity contribution in [3.8, 4) is 0 Å². The number of aliphatic hydroxyl groups is 3. The highest BCUT2D eigenvalue weighted by Crippen LogP contribution is 2.25.